The van der Waals surface area contributed by atoms with E-state index in [1.54, 1.807) is 21.0 Å². The van der Waals surface area contributed by atoms with Gasteiger partial charge in [-0.05, 0) is 51.2 Å². The fourth-order valence-corrected chi connectivity index (χ4v) is 4.98. The number of aromatic hydroxyl groups is 1. The van der Waals surface area contributed by atoms with Crippen LogP contribution in [0.3, 0.4) is 0 Å². The van der Waals surface area contributed by atoms with E-state index in [2.05, 4.69) is 4.90 Å². The van der Waals surface area contributed by atoms with E-state index in [1.165, 1.54) is 9.13 Å². The summed E-state index contributed by atoms with van der Waals surface area (Å²) >= 11 is 5.33. The van der Waals surface area contributed by atoms with E-state index in [4.69, 9.17) is 26.4 Å². The number of methoxy groups -OCH3 is 1. The maximum atomic E-state index is 13.4. The Morgan fingerprint density at radius 2 is 2.00 bits per heavy atom. The summed E-state index contributed by atoms with van der Waals surface area (Å²) < 4.78 is 19.8. The molecule has 32 heavy (non-hydrogen) atoms. The minimum atomic E-state index is -0.568. The van der Waals surface area contributed by atoms with E-state index >= 15 is 0 Å². The fourth-order valence-electron chi connectivity index (χ4n) is 4.56. The maximum Gasteiger partial charge on any atom is 0.269 e. The minimum absolute atomic E-state index is 0.00743. The molecule has 172 valence electrons. The molecule has 1 aromatic heterocycles. The summed E-state index contributed by atoms with van der Waals surface area (Å²) in [5.74, 6) is 0.863. The van der Waals surface area contributed by atoms with Gasteiger partial charge >= 0.3 is 0 Å². The lowest BCUT2D eigenvalue weighted by molar-refractivity contribution is 0.0918. The van der Waals surface area contributed by atoms with E-state index in [0.717, 1.165) is 24.1 Å². The first-order chi connectivity index (χ1) is 15.3. The summed E-state index contributed by atoms with van der Waals surface area (Å²) in [6.45, 7) is 5.06. The van der Waals surface area contributed by atoms with Crippen molar-refractivity contribution in [2.45, 2.75) is 45.8 Å². The molecule has 2 aliphatic heterocycles. The van der Waals surface area contributed by atoms with Gasteiger partial charge in [-0.3, -0.25) is 23.6 Å². The largest absolute Gasteiger partial charge is 0.494 e. The lowest BCUT2D eigenvalue weighted by Crippen LogP contribution is -2.36. The standard InChI is InChI=1S/C22H27N3O6S/c1-5-24-20(27)17(21(28)25(6-2)22(24)32)14(26)10-13-16-12(7-8-23(13)3)9-15-18(19(16)29-4)31-11-30-15/h9,13,27H,5-8,10-11H2,1-4H3/t13-/m1/s1. The SMILES string of the molecule is CCn1c(O)c(C(=O)C[C@@H]2c3c(cc4c(c3OC)OCO4)CCN2C)c(=O)n(CC)c1=S. The normalized spacial score (nSPS) is 17.3. The zero-order valence-corrected chi connectivity index (χ0v) is 19.5. The summed E-state index contributed by atoms with van der Waals surface area (Å²) in [4.78, 5) is 28.5. The lowest BCUT2D eigenvalue weighted by atomic mass is 9.87. The number of ketones is 1. The van der Waals surface area contributed by atoms with Crippen LogP contribution in [0.4, 0.5) is 0 Å². The van der Waals surface area contributed by atoms with E-state index in [0.29, 0.717) is 30.3 Å². The van der Waals surface area contributed by atoms with Crippen LogP contribution in [0.2, 0.25) is 0 Å². The number of benzene rings is 1. The van der Waals surface area contributed by atoms with E-state index in [-0.39, 0.29) is 35.5 Å². The number of nitrogens with zero attached hydrogens (tertiary/aromatic N) is 3. The van der Waals surface area contributed by atoms with Gasteiger partial charge in [-0.2, -0.15) is 0 Å². The first-order valence-electron chi connectivity index (χ1n) is 10.6. The van der Waals surface area contributed by atoms with Crippen LogP contribution in [0.1, 0.15) is 47.8 Å². The van der Waals surface area contributed by atoms with Gasteiger partial charge in [0, 0.05) is 37.7 Å². The molecule has 0 unspecified atom stereocenters. The molecule has 0 saturated carbocycles. The number of carbonyl (C=O) groups excluding carboxylic acids is 1. The highest BCUT2D eigenvalue weighted by Crippen LogP contribution is 2.50. The van der Waals surface area contributed by atoms with Crippen LogP contribution in [0, 0.1) is 4.77 Å². The van der Waals surface area contributed by atoms with Gasteiger partial charge in [-0.1, -0.05) is 0 Å². The number of rotatable bonds is 6. The molecule has 0 spiro atoms. The average Bonchev–Trinajstić information content (AvgIpc) is 3.23. The quantitative estimate of drug-likeness (QED) is 0.518. The number of likely N-dealkylation sites (N-methyl/N-ethyl adjacent to an activating group) is 1. The molecule has 9 nitrogen and oxygen atoms in total. The zero-order chi connectivity index (χ0) is 23.2. The summed E-state index contributed by atoms with van der Waals surface area (Å²) in [7, 11) is 3.48. The second-order valence-electron chi connectivity index (χ2n) is 7.86. The molecule has 1 N–H and O–H groups in total. The smallest absolute Gasteiger partial charge is 0.269 e. The average molecular weight is 462 g/mol. The van der Waals surface area contributed by atoms with Crippen LogP contribution < -0.4 is 19.8 Å². The van der Waals surface area contributed by atoms with Crippen molar-refractivity contribution >= 4 is 18.0 Å². The van der Waals surface area contributed by atoms with Crippen molar-refractivity contribution in [2.75, 3.05) is 27.5 Å². The van der Waals surface area contributed by atoms with Gasteiger partial charge in [-0.15, -0.1) is 0 Å². The Labute approximate surface area is 190 Å². The molecule has 4 rings (SSSR count). The summed E-state index contributed by atoms with van der Waals surface area (Å²) in [5.41, 5.74) is 1.06. The summed E-state index contributed by atoms with van der Waals surface area (Å²) in [6, 6.07) is 1.58. The second kappa shape index (κ2) is 8.59. The highest BCUT2D eigenvalue weighted by molar-refractivity contribution is 7.71. The number of aromatic nitrogens is 2. The second-order valence-corrected chi connectivity index (χ2v) is 8.23. The van der Waals surface area contributed by atoms with Crippen molar-refractivity contribution in [1.29, 1.82) is 0 Å². The van der Waals surface area contributed by atoms with Gasteiger partial charge in [0.25, 0.3) is 5.56 Å². The van der Waals surface area contributed by atoms with Crippen LogP contribution in [-0.4, -0.2) is 52.4 Å². The van der Waals surface area contributed by atoms with Gasteiger partial charge in [0.05, 0.1) is 7.11 Å². The molecule has 1 atom stereocenters. The maximum absolute atomic E-state index is 13.4. The fraction of sp³-hybridized carbons (Fsp3) is 0.500. The van der Waals surface area contributed by atoms with Gasteiger partial charge in [-0.25, -0.2) is 0 Å². The summed E-state index contributed by atoms with van der Waals surface area (Å²) in [6.07, 6.45) is 0.754. The van der Waals surface area contributed by atoms with E-state index < -0.39 is 11.3 Å². The number of carbonyl (C=O) groups is 1. The molecule has 0 fully saturated rings. The predicted molar refractivity (Wildman–Crippen MR) is 120 cm³/mol. The number of ether oxygens (including phenoxy) is 3. The van der Waals surface area contributed by atoms with Gasteiger partial charge in [0.15, 0.2) is 22.1 Å². The Morgan fingerprint density at radius 3 is 2.66 bits per heavy atom. The molecule has 3 heterocycles. The van der Waals surface area contributed by atoms with Crippen molar-refractivity contribution in [3.8, 4) is 23.1 Å². The first-order valence-corrected chi connectivity index (χ1v) is 11.0. The van der Waals surface area contributed by atoms with Crippen LogP contribution in [0.5, 0.6) is 23.1 Å². The van der Waals surface area contributed by atoms with Crippen LogP contribution in [0.25, 0.3) is 0 Å². The third kappa shape index (κ3) is 3.38. The zero-order valence-electron chi connectivity index (χ0n) is 18.6. The van der Waals surface area contributed by atoms with Gasteiger partial charge in [0.1, 0.15) is 5.56 Å². The van der Waals surface area contributed by atoms with Crippen molar-refractivity contribution in [1.82, 2.24) is 14.0 Å². The Hall–Kier alpha value is -2.85. The third-order valence-corrected chi connectivity index (χ3v) is 6.68. The highest BCUT2D eigenvalue weighted by Gasteiger charge is 2.36. The Kier molecular flexibility index (Phi) is 6.00. The molecular weight excluding hydrogens is 434 g/mol. The molecule has 0 amide bonds. The monoisotopic (exact) mass is 461 g/mol. The molecule has 2 aromatic rings. The Morgan fingerprint density at radius 1 is 1.28 bits per heavy atom. The first kappa shape index (κ1) is 22.3. The van der Waals surface area contributed by atoms with Crippen molar-refractivity contribution < 1.29 is 24.1 Å². The minimum Gasteiger partial charge on any atom is -0.494 e. The van der Waals surface area contributed by atoms with Gasteiger partial charge in [0.2, 0.25) is 18.4 Å². The van der Waals surface area contributed by atoms with E-state index in [1.807, 2.05) is 13.1 Å². The topological polar surface area (TPSA) is 95.2 Å². The van der Waals surface area contributed by atoms with Gasteiger partial charge < -0.3 is 19.3 Å². The number of Topliss-reactive ketones (excluding diaryl/α,β-unsaturated/α-hetero) is 1. The summed E-state index contributed by atoms with van der Waals surface area (Å²) in [5, 5.41) is 10.7. The molecule has 1 aromatic carbocycles. The van der Waals surface area contributed by atoms with E-state index in [9.17, 15) is 14.7 Å². The molecular formula is C22H27N3O6S. The third-order valence-electron chi connectivity index (χ3n) is 6.24. The molecule has 2 aliphatic rings. The van der Waals surface area contributed by atoms with Crippen molar-refractivity contribution in [3.05, 3.63) is 37.9 Å². The van der Waals surface area contributed by atoms with Crippen LogP contribution in [-0.2, 0) is 19.5 Å². The predicted octanol–water partition coefficient (Wildman–Crippen LogP) is 2.66. The molecule has 0 radical (unpaired) electrons. The van der Waals surface area contributed by atoms with Crippen molar-refractivity contribution in [2.24, 2.45) is 0 Å². The molecule has 0 aliphatic carbocycles. The molecule has 0 saturated heterocycles. The molecule has 0 bridgehead atoms. The molecule has 10 heteroatoms. The number of fused-ring (bicyclic) bond motifs is 2. The Balaban J connectivity index is 1.81. The van der Waals surface area contributed by atoms with Crippen molar-refractivity contribution in [3.63, 3.8) is 0 Å². The highest BCUT2D eigenvalue weighted by atomic mass is 32.1. The lowest BCUT2D eigenvalue weighted by Gasteiger charge is -2.35. The number of hydrogen-bond acceptors (Lipinski definition) is 8. The Bertz CT molecular complexity index is 1200. The van der Waals surface area contributed by atoms with Crippen LogP contribution >= 0.6 is 12.2 Å². The van der Waals surface area contributed by atoms with Crippen LogP contribution in [0.15, 0.2) is 10.9 Å². The number of hydrogen-bond donors (Lipinski definition) is 1.